The highest BCUT2D eigenvalue weighted by atomic mass is 16.8. The molecule has 0 amide bonds. The van der Waals surface area contributed by atoms with Crippen molar-refractivity contribution in [3.8, 4) is 0 Å². The highest BCUT2D eigenvalue weighted by molar-refractivity contribution is 5.78. The third-order valence-electron chi connectivity index (χ3n) is 21.8. The van der Waals surface area contributed by atoms with Crippen LogP contribution in [0.3, 0.4) is 0 Å². The van der Waals surface area contributed by atoms with Crippen molar-refractivity contribution in [3.63, 3.8) is 0 Å². The average molecular weight is 1090 g/mol. The highest BCUT2D eigenvalue weighted by Gasteiger charge is 2.73. The van der Waals surface area contributed by atoms with Gasteiger partial charge in [0.15, 0.2) is 18.9 Å². The van der Waals surface area contributed by atoms with Crippen LogP contribution in [-0.4, -0.2) is 221 Å². The van der Waals surface area contributed by atoms with Crippen molar-refractivity contribution in [2.45, 2.75) is 242 Å². The largest absolute Gasteiger partial charge is 0.432 e. The van der Waals surface area contributed by atoms with Crippen LogP contribution < -0.4 is 0 Å². The Hall–Kier alpha value is -1.59. The Labute approximate surface area is 444 Å². The minimum Gasteiger partial charge on any atom is -0.432 e. The molecule has 30 atom stereocenters. The number of aliphatic hydroxyl groups excluding tert-OH is 13. The number of carbonyl (C=O) groups excluding carboxylic acids is 1. The highest BCUT2D eigenvalue weighted by Crippen LogP contribution is 2.78. The molecule has 0 bridgehead atoms. The summed E-state index contributed by atoms with van der Waals surface area (Å²) in [4.78, 5) is 15.1. The van der Waals surface area contributed by atoms with Crippen LogP contribution >= 0.6 is 0 Å². The molecule has 5 saturated carbocycles. The van der Waals surface area contributed by atoms with E-state index in [-0.39, 0.29) is 51.4 Å². The van der Waals surface area contributed by atoms with Gasteiger partial charge in [-0.1, -0.05) is 46.8 Å². The van der Waals surface area contributed by atoms with Crippen LogP contribution in [0.25, 0.3) is 0 Å². The fourth-order valence-electron chi connectivity index (χ4n) is 17.3. The minimum absolute atomic E-state index is 0.00252. The maximum absolute atomic E-state index is 15.1. The zero-order chi connectivity index (χ0) is 55.5. The monoisotopic (exact) mass is 1090 g/mol. The summed E-state index contributed by atoms with van der Waals surface area (Å²) in [5.41, 5.74) is -0.824. The summed E-state index contributed by atoms with van der Waals surface area (Å²) in [6.45, 7) is 17.6. The second kappa shape index (κ2) is 21.6. The lowest BCUT2D eigenvalue weighted by atomic mass is 9.32. The van der Waals surface area contributed by atoms with Gasteiger partial charge in [-0.05, 0) is 129 Å². The smallest absolute Gasteiger partial charge is 0.314 e. The van der Waals surface area contributed by atoms with Crippen molar-refractivity contribution in [1.82, 2.24) is 0 Å². The van der Waals surface area contributed by atoms with Crippen molar-refractivity contribution in [1.29, 1.82) is 0 Å². The van der Waals surface area contributed by atoms with Gasteiger partial charge in [0, 0.05) is 0 Å². The molecule has 4 heterocycles. The molecule has 0 aromatic rings. The zero-order valence-electron chi connectivity index (χ0n) is 44.9. The first-order valence-corrected chi connectivity index (χ1v) is 27.7. The molecule has 22 heteroatoms. The molecule has 30 unspecified atom stereocenters. The number of ether oxygens (including phenoxy) is 8. The lowest BCUT2D eigenvalue weighted by Crippen LogP contribution is -2.68. The van der Waals surface area contributed by atoms with Crippen LogP contribution in [0, 0.1) is 56.7 Å². The van der Waals surface area contributed by atoms with E-state index in [2.05, 4.69) is 41.2 Å². The Morgan fingerprint density at radius 3 is 1.78 bits per heavy atom. The van der Waals surface area contributed by atoms with Gasteiger partial charge in [0.25, 0.3) is 0 Å². The van der Waals surface area contributed by atoms with Gasteiger partial charge in [0.05, 0.1) is 37.4 Å². The average Bonchev–Trinajstić information content (AvgIpc) is 3.95. The Morgan fingerprint density at radius 1 is 0.553 bits per heavy atom. The van der Waals surface area contributed by atoms with Crippen LogP contribution in [-0.2, 0) is 42.7 Å². The van der Waals surface area contributed by atoms with E-state index < -0.39 is 154 Å². The van der Waals surface area contributed by atoms with E-state index in [1.54, 1.807) is 0 Å². The molecule has 13 N–H and O–H groups in total. The van der Waals surface area contributed by atoms with Crippen molar-refractivity contribution in [2.24, 2.45) is 56.7 Å². The molecule has 4 saturated heterocycles. The summed E-state index contributed by atoms with van der Waals surface area (Å²) in [5.74, 6) is -0.0967. The summed E-state index contributed by atoms with van der Waals surface area (Å²) in [7, 11) is 0. The fourth-order valence-corrected chi connectivity index (χ4v) is 17.3. The van der Waals surface area contributed by atoms with Gasteiger partial charge in [0.2, 0.25) is 6.29 Å². The van der Waals surface area contributed by atoms with Gasteiger partial charge in [-0.2, -0.15) is 0 Å². The molecule has 0 spiro atoms. The summed E-state index contributed by atoms with van der Waals surface area (Å²) in [6.07, 6.45) is -24.0. The first kappa shape index (κ1) is 59.0. The molecule has 0 aromatic heterocycles. The van der Waals surface area contributed by atoms with Gasteiger partial charge in [-0.15, -0.1) is 0 Å². The van der Waals surface area contributed by atoms with Crippen LogP contribution in [0.4, 0.5) is 0 Å². The second-order valence-corrected chi connectivity index (χ2v) is 25.8. The van der Waals surface area contributed by atoms with Crippen molar-refractivity contribution >= 4 is 5.97 Å². The van der Waals surface area contributed by atoms with Crippen LogP contribution in [0.1, 0.15) is 113 Å². The third-order valence-corrected chi connectivity index (χ3v) is 21.8. The third kappa shape index (κ3) is 9.38. The molecule has 9 rings (SSSR count). The predicted octanol–water partition coefficient (Wildman–Crippen LogP) is -1.15. The predicted molar refractivity (Wildman–Crippen MR) is 261 cm³/mol. The van der Waals surface area contributed by atoms with Crippen molar-refractivity contribution in [2.75, 3.05) is 19.8 Å². The Balaban J connectivity index is 0.879. The second-order valence-electron chi connectivity index (χ2n) is 25.8. The van der Waals surface area contributed by atoms with E-state index in [1.807, 2.05) is 6.92 Å². The zero-order valence-corrected chi connectivity index (χ0v) is 44.9. The van der Waals surface area contributed by atoms with Crippen molar-refractivity contribution in [3.05, 3.63) is 12.2 Å². The number of hydrogen-bond donors (Lipinski definition) is 13. The molecule has 76 heavy (non-hydrogen) atoms. The number of hydrogen-bond acceptors (Lipinski definition) is 22. The standard InChI is InChI=1S/C54H88O22/c1-22(2)24-11-16-54(49(68)76-48-42(66)38(62)35(59)28(73-48)21-69-45-43(67)39(63)44(27(20-56)72-45)75-46-40(64)36(60)33(57)23(3)70-46)18-17-52(7)25(32(24)54)9-10-30-51(6)14-13-31(50(4,5)29(51)12-15-53(30,52)8)74-47-41(65)37(61)34(58)26(19-55)71-47/h23-48,55-67H,1,9-21H2,2-8H3. The molecule has 436 valence electrons. The number of esters is 1. The van der Waals surface area contributed by atoms with E-state index in [0.29, 0.717) is 31.6 Å². The molecular formula is C54H88O22. The van der Waals surface area contributed by atoms with E-state index in [4.69, 9.17) is 37.9 Å². The van der Waals surface area contributed by atoms with E-state index in [0.717, 1.165) is 44.1 Å². The lowest BCUT2D eigenvalue weighted by molar-refractivity contribution is -0.361. The molecule has 22 nitrogen and oxygen atoms in total. The SMILES string of the molecule is C=C(C)C1CCC2(C(=O)OC3OC(COC4OC(CO)C(OC5OC(C)C(O)C(O)C5O)C(O)C4O)C(O)C(O)C3O)CCC3(C)C(CCC4C5(C)CCC(OC6OC(CO)C(O)C(O)C6O)C(C)(C)C5CCC43C)C12. The summed E-state index contributed by atoms with van der Waals surface area (Å²) in [6, 6.07) is 0. The molecule has 0 radical (unpaired) electrons. The number of allylic oxidation sites excluding steroid dienone is 1. The van der Waals surface area contributed by atoms with Crippen LogP contribution in [0.5, 0.6) is 0 Å². The summed E-state index contributed by atoms with van der Waals surface area (Å²) in [5, 5.41) is 139. The Bertz CT molecular complexity index is 2060. The summed E-state index contributed by atoms with van der Waals surface area (Å²) >= 11 is 0. The van der Waals surface area contributed by atoms with Gasteiger partial charge in [0.1, 0.15) is 91.6 Å². The molecule has 4 aliphatic heterocycles. The van der Waals surface area contributed by atoms with Gasteiger partial charge >= 0.3 is 5.97 Å². The minimum atomic E-state index is -1.87. The molecule has 9 fully saturated rings. The van der Waals surface area contributed by atoms with E-state index >= 15 is 4.79 Å². The van der Waals surface area contributed by atoms with Gasteiger partial charge in [-0.25, -0.2) is 0 Å². The topological polar surface area (TPSA) is 354 Å². The van der Waals surface area contributed by atoms with Gasteiger partial charge in [-0.3, -0.25) is 4.79 Å². The first-order valence-electron chi connectivity index (χ1n) is 27.7. The molecule has 0 aromatic carbocycles. The van der Waals surface area contributed by atoms with Crippen molar-refractivity contribution < 1.29 is 109 Å². The first-order chi connectivity index (χ1) is 35.6. The maximum atomic E-state index is 15.1. The van der Waals surface area contributed by atoms with E-state index in [1.165, 1.54) is 6.92 Å². The number of aliphatic hydroxyl groups is 13. The van der Waals surface area contributed by atoms with Crippen LogP contribution in [0.15, 0.2) is 12.2 Å². The molecule has 9 aliphatic rings. The quantitative estimate of drug-likeness (QED) is 0.0623. The van der Waals surface area contributed by atoms with E-state index in [9.17, 15) is 66.4 Å². The Morgan fingerprint density at radius 2 is 1.13 bits per heavy atom. The normalized spacial score (nSPS) is 55.1. The lowest BCUT2D eigenvalue weighted by Gasteiger charge is -2.73. The summed E-state index contributed by atoms with van der Waals surface area (Å²) < 4.78 is 47.2. The Kier molecular flexibility index (Phi) is 16.8. The molecular weight excluding hydrogens is 1000 g/mol. The number of carbonyl (C=O) groups is 1. The van der Waals surface area contributed by atoms with Crippen LogP contribution in [0.2, 0.25) is 0 Å². The van der Waals surface area contributed by atoms with Gasteiger partial charge < -0.3 is 104 Å². The fraction of sp³-hybridized carbons (Fsp3) is 0.944. The molecule has 5 aliphatic carbocycles. The maximum Gasteiger partial charge on any atom is 0.314 e. The number of rotatable bonds is 12. The number of fused-ring (bicyclic) bond motifs is 7.